The second kappa shape index (κ2) is 4.33. The van der Waals surface area contributed by atoms with E-state index < -0.39 is 6.10 Å². The third kappa shape index (κ3) is 2.24. The fraction of sp³-hybridized carbons (Fsp3) is 0.500. The smallest absolute Gasteiger partial charge is 0.107 e. The lowest BCUT2D eigenvalue weighted by molar-refractivity contribution is 0.174. The normalized spacial score (nSPS) is 13.0. The minimum atomic E-state index is -0.593. The number of aliphatic hydroxyl groups excluding tert-OH is 1. The van der Waals surface area contributed by atoms with Crippen LogP contribution in [0, 0.1) is 20.8 Å². The van der Waals surface area contributed by atoms with E-state index in [1.54, 1.807) is 17.9 Å². The van der Waals surface area contributed by atoms with Crippen LogP contribution in [0.2, 0.25) is 0 Å². The molecule has 0 fully saturated rings. The molecule has 0 saturated heterocycles. The molecule has 0 bridgehead atoms. The second-order valence-electron chi connectivity index (χ2n) is 4.36. The van der Waals surface area contributed by atoms with Gasteiger partial charge in [0.15, 0.2) is 0 Å². The van der Waals surface area contributed by atoms with E-state index in [4.69, 9.17) is 4.42 Å². The lowest BCUT2D eigenvalue weighted by Crippen LogP contribution is -2.04. The zero-order valence-corrected chi connectivity index (χ0v) is 10.6. The maximum atomic E-state index is 10.2. The van der Waals surface area contributed by atoms with Crippen molar-refractivity contribution >= 4 is 0 Å². The zero-order chi connectivity index (χ0) is 12.6. The average Bonchev–Trinajstić information content (AvgIpc) is 2.73. The first-order valence-corrected chi connectivity index (χ1v) is 5.58. The van der Waals surface area contributed by atoms with Gasteiger partial charge in [-0.05, 0) is 26.3 Å². The van der Waals surface area contributed by atoms with Crippen molar-refractivity contribution < 1.29 is 9.52 Å². The van der Waals surface area contributed by atoms with Crippen LogP contribution in [-0.4, -0.2) is 20.1 Å². The monoisotopic (exact) mass is 235 g/mol. The number of hydrogen-bond acceptors (Lipinski definition) is 4. The summed E-state index contributed by atoms with van der Waals surface area (Å²) < 4.78 is 7.14. The number of furan rings is 1. The van der Waals surface area contributed by atoms with E-state index in [1.165, 1.54) is 0 Å². The molecule has 2 rings (SSSR count). The third-order valence-corrected chi connectivity index (χ3v) is 3.00. The number of rotatable bonds is 3. The highest BCUT2D eigenvalue weighted by Crippen LogP contribution is 2.28. The number of hydrogen-bond donors (Lipinski definition) is 1. The van der Waals surface area contributed by atoms with E-state index in [2.05, 4.69) is 10.3 Å². The molecule has 1 unspecified atom stereocenters. The van der Waals surface area contributed by atoms with Crippen molar-refractivity contribution in [3.8, 4) is 0 Å². The highest BCUT2D eigenvalue weighted by molar-refractivity contribution is 5.33. The Morgan fingerprint density at radius 2 is 2.06 bits per heavy atom. The molecule has 2 aromatic rings. The van der Waals surface area contributed by atoms with Crippen molar-refractivity contribution in [2.45, 2.75) is 33.3 Å². The van der Waals surface area contributed by atoms with Gasteiger partial charge in [-0.25, -0.2) is 0 Å². The van der Waals surface area contributed by atoms with Crippen molar-refractivity contribution in [2.75, 3.05) is 0 Å². The Bertz CT molecular complexity index is 528. The Balaban J connectivity index is 2.22. The Kier molecular flexibility index (Phi) is 3.02. The molecule has 2 heterocycles. The third-order valence-electron chi connectivity index (χ3n) is 3.00. The van der Waals surface area contributed by atoms with Gasteiger partial charge >= 0.3 is 0 Å². The fourth-order valence-electron chi connectivity index (χ4n) is 2.09. The summed E-state index contributed by atoms with van der Waals surface area (Å²) in [7, 11) is 1.81. The first kappa shape index (κ1) is 11.9. The maximum absolute atomic E-state index is 10.2. The van der Waals surface area contributed by atoms with Crippen molar-refractivity contribution in [2.24, 2.45) is 7.05 Å². The van der Waals surface area contributed by atoms with Crippen molar-refractivity contribution in [3.63, 3.8) is 0 Å². The van der Waals surface area contributed by atoms with E-state index in [0.29, 0.717) is 6.42 Å². The lowest BCUT2D eigenvalue weighted by atomic mass is 10.0. The van der Waals surface area contributed by atoms with Gasteiger partial charge in [0, 0.05) is 25.2 Å². The van der Waals surface area contributed by atoms with Crippen LogP contribution < -0.4 is 0 Å². The summed E-state index contributed by atoms with van der Waals surface area (Å²) in [6, 6.07) is 0. The number of aliphatic hydroxyl groups is 1. The highest BCUT2D eigenvalue weighted by Gasteiger charge is 2.20. The molecular weight excluding hydrogens is 218 g/mol. The molecule has 0 spiro atoms. The molecule has 0 amide bonds. The Morgan fingerprint density at radius 3 is 2.53 bits per heavy atom. The van der Waals surface area contributed by atoms with Gasteiger partial charge in [-0.15, -0.1) is 5.10 Å². The average molecular weight is 235 g/mol. The van der Waals surface area contributed by atoms with Gasteiger partial charge in [0.1, 0.15) is 11.5 Å². The zero-order valence-electron chi connectivity index (χ0n) is 10.6. The van der Waals surface area contributed by atoms with Crippen molar-refractivity contribution in [3.05, 3.63) is 34.5 Å². The summed E-state index contributed by atoms with van der Waals surface area (Å²) in [4.78, 5) is 0. The Hall–Kier alpha value is -1.62. The van der Waals surface area contributed by atoms with Gasteiger partial charge in [-0.1, -0.05) is 5.21 Å². The number of aromatic nitrogens is 3. The molecule has 0 aromatic carbocycles. The lowest BCUT2D eigenvalue weighted by Gasteiger charge is -2.08. The van der Waals surface area contributed by atoms with E-state index in [9.17, 15) is 5.11 Å². The van der Waals surface area contributed by atoms with Crippen LogP contribution in [0.4, 0.5) is 0 Å². The fourth-order valence-corrected chi connectivity index (χ4v) is 2.09. The van der Waals surface area contributed by atoms with Gasteiger partial charge in [-0.3, -0.25) is 4.68 Å². The van der Waals surface area contributed by atoms with Gasteiger partial charge in [0.25, 0.3) is 0 Å². The molecule has 0 aliphatic carbocycles. The number of aryl methyl sites for hydroxylation is 3. The predicted octanol–water partition coefficient (Wildman–Crippen LogP) is 1.61. The molecule has 5 heteroatoms. The predicted molar refractivity (Wildman–Crippen MR) is 62.6 cm³/mol. The largest absolute Gasteiger partial charge is 0.466 e. The molecule has 17 heavy (non-hydrogen) atoms. The summed E-state index contributed by atoms with van der Waals surface area (Å²) in [5.74, 6) is 1.63. The van der Waals surface area contributed by atoms with Crippen LogP contribution >= 0.6 is 0 Å². The SMILES string of the molecule is Cc1oc(C)c(C(O)Cc2cn(C)nn2)c1C. The minimum Gasteiger partial charge on any atom is -0.466 e. The van der Waals surface area contributed by atoms with Crippen LogP contribution in [0.25, 0.3) is 0 Å². The molecule has 2 aromatic heterocycles. The van der Waals surface area contributed by atoms with Crippen LogP contribution in [0.15, 0.2) is 10.6 Å². The standard InChI is InChI=1S/C12H17N3O2/c1-7-8(2)17-9(3)12(7)11(16)5-10-6-15(4)14-13-10/h6,11,16H,5H2,1-4H3. The van der Waals surface area contributed by atoms with E-state index in [-0.39, 0.29) is 0 Å². The molecule has 1 atom stereocenters. The minimum absolute atomic E-state index is 0.453. The maximum Gasteiger partial charge on any atom is 0.107 e. The van der Waals surface area contributed by atoms with Gasteiger partial charge in [-0.2, -0.15) is 0 Å². The van der Waals surface area contributed by atoms with Crippen LogP contribution in [-0.2, 0) is 13.5 Å². The first-order chi connectivity index (χ1) is 7.99. The van der Waals surface area contributed by atoms with Crippen LogP contribution in [0.3, 0.4) is 0 Å². The topological polar surface area (TPSA) is 64.1 Å². The molecule has 92 valence electrons. The molecule has 0 aliphatic rings. The van der Waals surface area contributed by atoms with E-state index in [1.807, 2.05) is 20.8 Å². The summed E-state index contributed by atoms with van der Waals surface area (Å²) in [5, 5.41) is 18.0. The quantitative estimate of drug-likeness (QED) is 0.877. The summed E-state index contributed by atoms with van der Waals surface area (Å²) >= 11 is 0. The molecular formula is C12H17N3O2. The van der Waals surface area contributed by atoms with E-state index >= 15 is 0 Å². The molecule has 0 aliphatic heterocycles. The van der Waals surface area contributed by atoms with E-state index in [0.717, 1.165) is 28.3 Å². The first-order valence-electron chi connectivity index (χ1n) is 5.58. The summed E-state index contributed by atoms with van der Waals surface area (Å²) in [5.41, 5.74) is 2.66. The van der Waals surface area contributed by atoms with Gasteiger partial charge in [0.05, 0.1) is 11.8 Å². The van der Waals surface area contributed by atoms with Crippen molar-refractivity contribution in [1.82, 2.24) is 15.0 Å². The van der Waals surface area contributed by atoms with Crippen molar-refractivity contribution in [1.29, 1.82) is 0 Å². The van der Waals surface area contributed by atoms with Crippen LogP contribution in [0.1, 0.15) is 34.4 Å². The number of nitrogens with zero attached hydrogens (tertiary/aromatic N) is 3. The summed E-state index contributed by atoms with van der Waals surface area (Å²) in [6.45, 7) is 5.73. The Morgan fingerprint density at radius 1 is 1.35 bits per heavy atom. The molecule has 0 saturated carbocycles. The molecule has 1 N–H and O–H groups in total. The van der Waals surface area contributed by atoms with Crippen LogP contribution in [0.5, 0.6) is 0 Å². The Labute approximate surface area is 100 Å². The highest BCUT2D eigenvalue weighted by atomic mass is 16.3. The summed E-state index contributed by atoms with van der Waals surface area (Å²) in [6.07, 6.45) is 1.67. The van der Waals surface area contributed by atoms with Gasteiger partial charge in [0.2, 0.25) is 0 Å². The second-order valence-corrected chi connectivity index (χ2v) is 4.36. The van der Waals surface area contributed by atoms with Gasteiger partial charge < -0.3 is 9.52 Å². The molecule has 0 radical (unpaired) electrons. The molecule has 5 nitrogen and oxygen atoms in total.